The quantitative estimate of drug-likeness (QED) is 0.888. The fraction of sp³-hybridized carbons (Fsp3) is 0.375. The van der Waals surface area contributed by atoms with E-state index in [1.807, 2.05) is 24.3 Å². The number of nitrogens with zero attached hydrogens (tertiary/aromatic N) is 1. The number of amides is 1. The van der Waals surface area contributed by atoms with Crippen molar-refractivity contribution >= 4 is 11.6 Å². The molecule has 6 heteroatoms. The van der Waals surface area contributed by atoms with E-state index in [0.717, 1.165) is 42.9 Å². The summed E-state index contributed by atoms with van der Waals surface area (Å²) < 4.78 is 10.9. The molecule has 1 aromatic carbocycles. The third-order valence-corrected chi connectivity index (χ3v) is 4.18. The van der Waals surface area contributed by atoms with Crippen molar-refractivity contribution < 1.29 is 14.1 Å². The van der Waals surface area contributed by atoms with Gasteiger partial charge in [0, 0.05) is 17.5 Å². The molecule has 4 rings (SSSR count). The van der Waals surface area contributed by atoms with Crippen LogP contribution < -0.4 is 15.4 Å². The highest BCUT2D eigenvalue weighted by Crippen LogP contribution is 2.34. The molecule has 1 fully saturated rings. The second-order valence-electron chi connectivity index (χ2n) is 5.69. The first-order chi connectivity index (χ1) is 10.8. The summed E-state index contributed by atoms with van der Waals surface area (Å²) in [7, 11) is 0. The molecule has 2 aliphatic heterocycles. The minimum absolute atomic E-state index is 0.0640. The number of carbonyl (C=O) groups excluding carboxylic acids is 1. The molecule has 2 aromatic rings. The standard InChI is InChI=1S/C16H17N3O3/c20-16-9-21-14-2-1-11(7-13(14)18-16)15-8-12(19-22-15)10-3-5-17-6-4-10/h1-2,7-8,10,17H,3-6,9H2,(H,18,20). The molecule has 1 aromatic heterocycles. The van der Waals surface area contributed by atoms with Gasteiger partial charge in [0.05, 0.1) is 11.4 Å². The summed E-state index contributed by atoms with van der Waals surface area (Å²) in [5.41, 5.74) is 2.57. The van der Waals surface area contributed by atoms with Crippen molar-refractivity contribution in [3.63, 3.8) is 0 Å². The van der Waals surface area contributed by atoms with E-state index in [4.69, 9.17) is 9.26 Å². The Hall–Kier alpha value is -2.34. The Morgan fingerprint density at radius 2 is 2.05 bits per heavy atom. The van der Waals surface area contributed by atoms with E-state index in [0.29, 0.717) is 17.4 Å². The molecule has 114 valence electrons. The first kappa shape index (κ1) is 13.3. The number of rotatable bonds is 2. The summed E-state index contributed by atoms with van der Waals surface area (Å²) in [6.07, 6.45) is 2.17. The average Bonchev–Trinajstić information content (AvgIpc) is 3.05. The van der Waals surface area contributed by atoms with Gasteiger partial charge in [-0.3, -0.25) is 4.79 Å². The van der Waals surface area contributed by atoms with Crippen LogP contribution in [0.1, 0.15) is 24.5 Å². The van der Waals surface area contributed by atoms with Crippen molar-refractivity contribution in [2.24, 2.45) is 0 Å². The Kier molecular flexibility index (Phi) is 3.31. The summed E-state index contributed by atoms with van der Waals surface area (Å²) in [6, 6.07) is 7.63. The molecule has 22 heavy (non-hydrogen) atoms. The molecule has 0 bridgehead atoms. The number of nitrogens with one attached hydrogen (secondary N) is 2. The Morgan fingerprint density at radius 1 is 1.18 bits per heavy atom. The number of piperidine rings is 1. The highest BCUT2D eigenvalue weighted by atomic mass is 16.5. The largest absolute Gasteiger partial charge is 0.482 e. The maximum absolute atomic E-state index is 11.4. The lowest BCUT2D eigenvalue weighted by atomic mass is 9.94. The van der Waals surface area contributed by atoms with E-state index in [9.17, 15) is 4.79 Å². The van der Waals surface area contributed by atoms with E-state index in [1.54, 1.807) is 0 Å². The van der Waals surface area contributed by atoms with E-state index < -0.39 is 0 Å². The smallest absolute Gasteiger partial charge is 0.262 e. The van der Waals surface area contributed by atoms with Crippen LogP contribution in [0.3, 0.4) is 0 Å². The van der Waals surface area contributed by atoms with E-state index >= 15 is 0 Å². The lowest BCUT2D eigenvalue weighted by Crippen LogP contribution is -2.26. The molecule has 0 aliphatic carbocycles. The van der Waals surface area contributed by atoms with Crippen LogP contribution in [0.15, 0.2) is 28.8 Å². The number of carbonyl (C=O) groups is 1. The summed E-state index contributed by atoms with van der Waals surface area (Å²) in [5.74, 6) is 1.72. The summed E-state index contributed by atoms with van der Waals surface area (Å²) >= 11 is 0. The van der Waals surface area contributed by atoms with Crippen LogP contribution in [0, 0.1) is 0 Å². The number of hydrogen-bond acceptors (Lipinski definition) is 5. The van der Waals surface area contributed by atoms with Gasteiger partial charge in [-0.25, -0.2) is 0 Å². The van der Waals surface area contributed by atoms with Crippen LogP contribution in [-0.2, 0) is 4.79 Å². The Labute approximate surface area is 127 Å². The van der Waals surface area contributed by atoms with Crippen molar-refractivity contribution in [3.8, 4) is 17.1 Å². The Bertz CT molecular complexity index is 704. The molecule has 0 atom stereocenters. The molecule has 1 saturated heterocycles. The molecule has 6 nitrogen and oxygen atoms in total. The number of fused-ring (bicyclic) bond motifs is 1. The molecular formula is C16H17N3O3. The summed E-state index contributed by atoms with van der Waals surface area (Å²) in [6.45, 7) is 2.11. The average molecular weight is 299 g/mol. The highest BCUT2D eigenvalue weighted by Gasteiger charge is 2.21. The Balaban J connectivity index is 1.61. The van der Waals surface area contributed by atoms with Gasteiger partial charge in [-0.1, -0.05) is 5.16 Å². The normalized spacial score (nSPS) is 18.5. The molecule has 1 amide bonds. The fourth-order valence-electron chi connectivity index (χ4n) is 2.97. The minimum Gasteiger partial charge on any atom is -0.482 e. The van der Waals surface area contributed by atoms with Crippen LogP contribution in [0.2, 0.25) is 0 Å². The highest BCUT2D eigenvalue weighted by molar-refractivity contribution is 5.96. The van der Waals surface area contributed by atoms with E-state index in [1.165, 1.54) is 0 Å². The predicted molar refractivity (Wildman–Crippen MR) is 80.9 cm³/mol. The van der Waals surface area contributed by atoms with Gasteiger partial charge in [0.2, 0.25) is 0 Å². The molecule has 0 saturated carbocycles. The monoisotopic (exact) mass is 299 g/mol. The second kappa shape index (κ2) is 5.46. The maximum Gasteiger partial charge on any atom is 0.262 e. The van der Waals surface area contributed by atoms with Crippen LogP contribution >= 0.6 is 0 Å². The van der Waals surface area contributed by atoms with Crippen LogP contribution in [0.4, 0.5) is 5.69 Å². The van der Waals surface area contributed by atoms with Crippen molar-refractivity contribution in [1.82, 2.24) is 10.5 Å². The first-order valence-electron chi connectivity index (χ1n) is 7.54. The van der Waals surface area contributed by atoms with Crippen LogP contribution in [0.25, 0.3) is 11.3 Å². The topological polar surface area (TPSA) is 76.4 Å². The van der Waals surface area contributed by atoms with Gasteiger partial charge in [-0.05, 0) is 44.1 Å². The molecule has 3 heterocycles. The lowest BCUT2D eigenvalue weighted by Gasteiger charge is -2.19. The predicted octanol–water partition coefficient (Wildman–Crippen LogP) is 2.14. The van der Waals surface area contributed by atoms with Crippen molar-refractivity contribution in [2.75, 3.05) is 25.0 Å². The zero-order chi connectivity index (χ0) is 14.9. The van der Waals surface area contributed by atoms with Gasteiger partial charge < -0.3 is 19.9 Å². The minimum atomic E-state index is -0.141. The third-order valence-electron chi connectivity index (χ3n) is 4.18. The van der Waals surface area contributed by atoms with Crippen LogP contribution in [0.5, 0.6) is 5.75 Å². The van der Waals surface area contributed by atoms with E-state index in [-0.39, 0.29) is 12.5 Å². The maximum atomic E-state index is 11.4. The molecular weight excluding hydrogens is 282 g/mol. The van der Waals surface area contributed by atoms with Gasteiger partial charge in [-0.2, -0.15) is 0 Å². The van der Waals surface area contributed by atoms with Gasteiger partial charge >= 0.3 is 0 Å². The van der Waals surface area contributed by atoms with Crippen molar-refractivity contribution in [1.29, 1.82) is 0 Å². The first-order valence-corrected chi connectivity index (χ1v) is 7.54. The van der Waals surface area contributed by atoms with E-state index in [2.05, 4.69) is 15.8 Å². The van der Waals surface area contributed by atoms with Crippen molar-refractivity contribution in [2.45, 2.75) is 18.8 Å². The number of ether oxygens (including phenoxy) is 1. The van der Waals surface area contributed by atoms with Crippen LogP contribution in [-0.4, -0.2) is 30.8 Å². The zero-order valence-corrected chi connectivity index (χ0v) is 12.1. The summed E-state index contributed by atoms with van der Waals surface area (Å²) in [5, 5.41) is 10.4. The Morgan fingerprint density at radius 3 is 2.91 bits per heavy atom. The van der Waals surface area contributed by atoms with Crippen molar-refractivity contribution in [3.05, 3.63) is 30.0 Å². The fourth-order valence-corrected chi connectivity index (χ4v) is 2.97. The van der Waals surface area contributed by atoms with Gasteiger partial charge in [-0.15, -0.1) is 0 Å². The molecule has 2 N–H and O–H groups in total. The molecule has 0 radical (unpaired) electrons. The van der Waals surface area contributed by atoms with Gasteiger partial charge in [0.1, 0.15) is 5.75 Å². The number of anilines is 1. The number of benzene rings is 1. The zero-order valence-electron chi connectivity index (χ0n) is 12.1. The van der Waals surface area contributed by atoms with Gasteiger partial charge in [0.25, 0.3) is 5.91 Å². The molecule has 0 spiro atoms. The SMILES string of the molecule is O=C1COc2ccc(-c3cc(C4CCNCC4)no3)cc2N1. The number of hydrogen-bond donors (Lipinski definition) is 2. The second-order valence-corrected chi connectivity index (χ2v) is 5.69. The van der Waals surface area contributed by atoms with Gasteiger partial charge in [0.15, 0.2) is 12.4 Å². The molecule has 2 aliphatic rings. The lowest BCUT2D eigenvalue weighted by molar-refractivity contribution is -0.118. The summed E-state index contributed by atoms with van der Waals surface area (Å²) in [4.78, 5) is 11.4. The molecule has 0 unspecified atom stereocenters. The number of aromatic nitrogens is 1. The third kappa shape index (κ3) is 2.46.